The van der Waals surface area contributed by atoms with Crippen molar-refractivity contribution in [2.75, 3.05) is 26.2 Å². The van der Waals surface area contributed by atoms with Crippen molar-refractivity contribution >= 4 is 5.91 Å². The molecule has 1 atom stereocenters. The molecular formula is C16H32N2O2. The summed E-state index contributed by atoms with van der Waals surface area (Å²) in [5.41, 5.74) is 5.65. The average molecular weight is 284 g/mol. The lowest BCUT2D eigenvalue weighted by Gasteiger charge is -2.40. The molecule has 0 aromatic heterocycles. The van der Waals surface area contributed by atoms with Crippen molar-refractivity contribution in [3.8, 4) is 0 Å². The Morgan fingerprint density at radius 2 is 1.95 bits per heavy atom. The predicted octanol–water partition coefficient (Wildman–Crippen LogP) is 2.56. The van der Waals surface area contributed by atoms with Crippen LogP contribution in [0.15, 0.2) is 0 Å². The van der Waals surface area contributed by atoms with Gasteiger partial charge in [-0.1, -0.05) is 26.7 Å². The van der Waals surface area contributed by atoms with Gasteiger partial charge in [-0.2, -0.15) is 0 Å². The van der Waals surface area contributed by atoms with E-state index in [1.54, 1.807) is 0 Å². The van der Waals surface area contributed by atoms with Gasteiger partial charge in [0.25, 0.3) is 0 Å². The Morgan fingerprint density at radius 1 is 1.30 bits per heavy atom. The van der Waals surface area contributed by atoms with Crippen LogP contribution in [0.2, 0.25) is 0 Å². The highest BCUT2D eigenvalue weighted by molar-refractivity contribution is 5.83. The van der Waals surface area contributed by atoms with E-state index < -0.39 is 0 Å². The fraction of sp³-hybridized carbons (Fsp3) is 0.938. The van der Waals surface area contributed by atoms with Crippen LogP contribution in [0, 0.1) is 5.41 Å². The van der Waals surface area contributed by atoms with Gasteiger partial charge < -0.3 is 15.4 Å². The summed E-state index contributed by atoms with van der Waals surface area (Å²) >= 11 is 0. The van der Waals surface area contributed by atoms with Crippen molar-refractivity contribution in [1.29, 1.82) is 0 Å². The van der Waals surface area contributed by atoms with Crippen LogP contribution in [0.3, 0.4) is 0 Å². The quantitative estimate of drug-likeness (QED) is 0.745. The molecule has 1 aliphatic rings. The highest BCUT2D eigenvalue weighted by Gasteiger charge is 2.39. The molecule has 1 fully saturated rings. The van der Waals surface area contributed by atoms with E-state index in [1.807, 2.05) is 11.8 Å². The Hall–Kier alpha value is -0.610. The Labute approximate surface area is 124 Å². The third kappa shape index (κ3) is 4.19. The van der Waals surface area contributed by atoms with Gasteiger partial charge in [0, 0.05) is 26.2 Å². The Balaban J connectivity index is 2.77. The van der Waals surface area contributed by atoms with Crippen molar-refractivity contribution in [1.82, 2.24) is 4.90 Å². The van der Waals surface area contributed by atoms with Gasteiger partial charge in [0.2, 0.25) is 5.91 Å². The zero-order chi connectivity index (χ0) is 15.0. The predicted molar refractivity (Wildman–Crippen MR) is 82.5 cm³/mol. The molecule has 0 radical (unpaired) electrons. The molecule has 0 aliphatic carbocycles. The van der Waals surface area contributed by atoms with E-state index in [0.29, 0.717) is 6.54 Å². The molecule has 0 saturated carbocycles. The van der Waals surface area contributed by atoms with Crippen molar-refractivity contribution in [2.24, 2.45) is 11.1 Å². The molecule has 4 heteroatoms. The number of piperidine rings is 1. The number of carbonyl (C=O) groups excluding carboxylic acids is 1. The molecule has 1 unspecified atom stereocenters. The summed E-state index contributed by atoms with van der Waals surface area (Å²) in [5.74, 6) is 0.258. The van der Waals surface area contributed by atoms with Gasteiger partial charge in [0.05, 0.1) is 11.5 Å². The van der Waals surface area contributed by atoms with Crippen LogP contribution in [-0.2, 0) is 9.53 Å². The standard InChI is InChI=1S/C16H32N2O2/c1-4-9-16(13-17,10-5-2)15(19)18-11-7-8-14(12-18)20-6-3/h14H,4-13,17H2,1-3H3. The van der Waals surface area contributed by atoms with Gasteiger partial charge in [0.1, 0.15) is 0 Å². The molecule has 1 heterocycles. The largest absolute Gasteiger partial charge is 0.377 e. The fourth-order valence-corrected chi connectivity index (χ4v) is 3.42. The topological polar surface area (TPSA) is 55.6 Å². The maximum Gasteiger partial charge on any atom is 0.230 e. The van der Waals surface area contributed by atoms with E-state index >= 15 is 0 Å². The minimum atomic E-state index is -0.350. The summed E-state index contributed by atoms with van der Waals surface area (Å²) in [6, 6.07) is 0. The minimum Gasteiger partial charge on any atom is -0.377 e. The summed E-state index contributed by atoms with van der Waals surface area (Å²) in [5, 5.41) is 0. The number of likely N-dealkylation sites (tertiary alicyclic amines) is 1. The fourth-order valence-electron chi connectivity index (χ4n) is 3.42. The van der Waals surface area contributed by atoms with E-state index in [9.17, 15) is 4.79 Å². The lowest BCUT2D eigenvalue weighted by atomic mass is 9.77. The number of nitrogens with zero attached hydrogens (tertiary/aromatic N) is 1. The minimum absolute atomic E-state index is 0.205. The van der Waals surface area contributed by atoms with Gasteiger partial charge in [-0.3, -0.25) is 4.79 Å². The van der Waals surface area contributed by atoms with Crippen LogP contribution in [0.25, 0.3) is 0 Å². The van der Waals surface area contributed by atoms with E-state index in [4.69, 9.17) is 10.5 Å². The average Bonchev–Trinajstić information content (AvgIpc) is 2.47. The zero-order valence-corrected chi connectivity index (χ0v) is 13.5. The maximum atomic E-state index is 13.0. The van der Waals surface area contributed by atoms with E-state index in [0.717, 1.165) is 58.2 Å². The first-order valence-electron chi connectivity index (χ1n) is 8.24. The Kier molecular flexibility index (Phi) is 7.52. The second-order valence-corrected chi connectivity index (χ2v) is 5.96. The molecule has 0 bridgehead atoms. The smallest absolute Gasteiger partial charge is 0.230 e. The molecule has 0 aromatic carbocycles. The second kappa shape index (κ2) is 8.63. The third-order valence-corrected chi connectivity index (χ3v) is 4.37. The SMILES string of the molecule is CCCC(CN)(CCC)C(=O)N1CCCC(OCC)C1. The number of nitrogens with two attached hydrogens (primary N) is 1. The first-order valence-corrected chi connectivity index (χ1v) is 8.24. The molecule has 20 heavy (non-hydrogen) atoms. The van der Waals surface area contributed by atoms with Gasteiger partial charge in [0.15, 0.2) is 0 Å². The molecule has 118 valence electrons. The molecule has 1 aliphatic heterocycles. The van der Waals surface area contributed by atoms with Crippen LogP contribution < -0.4 is 5.73 Å². The zero-order valence-electron chi connectivity index (χ0n) is 13.5. The molecule has 1 saturated heterocycles. The van der Waals surface area contributed by atoms with Crippen LogP contribution in [-0.4, -0.2) is 43.2 Å². The van der Waals surface area contributed by atoms with Gasteiger partial charge in [-0.15, -0.1) is 0 Å². The number of carbonyl (C=O) groups is 1. The van der Waals surface area contributed by atoms with Crippen molar-refractivity contribution < 1.29 is 9.53 Å². The third-order valence-electron chi connectivity index (χ3n) is 4.37. The number of rotatable bonds is 8. The normalized spacial score (nSPS) is 20.2. The van der Waals surface area contributed by atoms with Gasteiger partial charge in [-0.25, -0.2) is 0 Å². The van der Waals surface area contributed by atoms with Crippen LogP contribution in [0.5, 0.6) is 0 Å². The molecule has 1 rings (SSSR count). The van der Waals surface area contributed by atoms with Crippen molar-refractivity contribution in [3.63, 3.8) is 0 Å². The lowest BCUT2D eigenvalue weighted by Crippen LogP contribution is -2.52. The highest BCUT2D eigenvalue weighted by atomic mass is 16.5. The number of ether oxygens (including phenoxy) is 1. The van der Waals surface area contributed by atoms with Crippen LogP contribution in [0.4, 0.5) is 0 Å². The highest BCUT2D eigenvalue weighted by Crippen LogP contribution is 2.32. The van der Waals surface area contributed by atoms with E-state index in [2.05, 4.69) is 13.8 Å². The number of hydrogen-bond acceptors (Lipinski definition) is 3. The van der Waals surface area contributed by atoms with Crippen molar-refractivity contribution in [2.45, 2.75) is 65.4 Å². The number of amides is 1. The Morgan fingerprint density at radius 3 is 2.45 bits per heavy atom. The monoisotopic (exact) mass is 284 g/mol. The van der Waals surface area contributed by atoms with Gasteiger partial charge >= 0.3 is 0 Å². The van der Waals surface area contributed by atoms with Crippen molar-refractivity contribution in [3.05, 3.63) is 0 Å². The second-order valence-electron chi connectivity index (χ2n) is 5.96. The molecule has 4 nitrogen and oxygen atoms in total. The maximum absolute atomic E-state index is 13.0. The first kappa shape index (κ1) is 17.4. The van der Waals surface area contributed by atoms with Crippen LogP contribution >= 0.6 is 0 Å². The first-order chi connectivity index (χ1) is 9.63. The summed E-state index contributed by atoms with van der Waals surface area (Å²) < 4.78 is 5.70. The van der Waals surface area contributed by atoms with Crippen LogP contribution in [0.1, 0.15) is 59.3 Å². The summed E-state index contributed by atoms with van der Waals surface area (Å²) in [6.07, 6.45) is 6.11. The molecule has 1 amide bonds. The summed E-state index contributed by atoms with van der Waals surface area (Å²) in [4.78, 5) is 15.0. The molecule has 0 spiro atoms. The van der Waals surface area contributed by atoms with E-state index in [1.165, 1.54) is 0 Å². The molecular weight excluding hydrogens is 252 g/mol. The Bertz CT molecular complexity index is 286. The summed E-state index contributed by atoms with van der Waals surface area (Å²) in [7, 11) is 0. The summed E-state index contributed by atoms with van der Waals surface area (Å²) in [6.45, 7) is 9.06. The number of hydrogen-bond donors (Lipinski definition) is 1. The molecule has 0 aromatic rings. The lowest BCUT2D eigenvalue weighted by molar-refractivity contribution is -0.146. The molecule has 2 N–H and O–H groups in total. The van der Waals surface area contributed by atoms with Gasteiger partial charge in [-0.05, 0) is 32.6 Å². The van der Waals surface area contributed by atoms with E-state index in [-0.39, 0.29) is 17.4 Å².